The van der Waals surface area contributed by atoms with E-state index in [9.17, 15) is 9.59 Å². The lowest BCUT2D eigenvalue weighted by molar-refractivity contribution is 0.0923. The fourth-order valence-corrected chi connectivity index (χ4v) is 4.03. The third-order valence-corrected chi connectivity index (χ3v) is 5.71. The van der Waals surface area contributed by atoms with Crippen LogP contribution in [-0.2, 0) is 6.54 Å². The molecule has 2 heterocycles. The molecule has 1 saturated heterocycles. The summed E-state index contributed by atoms with van der Waals surface area (Å²) in [7, 11) is 0. The number of benzene rings is 1. The van der Waals surface area contributed by atoms with Crippen LogP contribution in [0, 0.1) is 10.7 Å². The Morgan fingerprint density at radius 3 is 2.96 bits per heavy atom. The van der Waals surface area contributed by atoms with Gasteiger partial charge in [0.15, 0.2) is 4.77 Å². The number of aromatic nitrogens is 2. The van der Waals surface area contributed by atoms with E-state index in [2.05, 4.69) is 35.6 Å². The number of carbonyl (C=O) groups excluding carboxylic acids is 1. The van der Waals surface area contributed by atoms with Crippen LogP contribution in [-0.4, -0.2) is 46.0 Å². The topological polar surface area (TPSA) is 70.1 Å². The number of rotatable bonds is 6. The predicted molar refractivity (Wildman–Crippen MR) is 115 cm³/mol. The van der Waals surface area contributed by atoms with Gasteiger partial charge < -0.3 is 15.2 Å². The lowest BCUT2D eigenvalue weighted by Gasteiger charge is -2.35. The smallest absolute Gasteiger partial charge is 0.262 e. The van der Waals surface area contributed by atoms with Crippen molar-refractivity contribution in [3.63, 3.8) is 0 Å². The molecule has 2 aromatic rings. The number of allylic oxidation sites excluding steroid dienone is 1. The number of hydrogen-bond donors (Lipinski definition) is 2. The van der Waals surface area contributed by atoms with E-state index in [4.69, 9.17) is 12.2 Å². The van der Waals surface area contributed by atoms with Crippen LogP contribution in [0.5, 0.6) is 0 Å². The van der Waals surface area contributed by atoms with E-state index in [0.717, 1.165) is 19.5 Å². The number of likely N-dealkylation sites (tertiary alicyclic amines) is 1. The molecule has 0 saturated carbocycles. The zero-order valence-electron chi connectivity index (χ0n) is 16.5. The van der Waals surface area contributed by atoms with Gasteiger partial charge in [-0.15, -0.1) is 6.58 Å². The Kier molecular flexibility index (Phi) is 6.46. The largest absolute Gasteiger partial charge is 0.352 e. The summed E-state index contributed by atoms with van der Waals surface area (Å²) in [5, 5.41) is 3.56. The summed E-state index contributed by atoms with van der Waals surface area (Å²) in [6, 6.07) is 5.60. The van der Waals surface area contributed by atoms with Crippen molar-refractivity contribution in [1.82, 2.24) is 19.8 Å². The van der Waals surface area contributed by atoms with E-state index in [-0.39, 0.29) is 11.5 Å². The Morgan fingerprint density at radius 2 is 2.25 bits per heavy atom. The second-order valence-corrected chi connectivity index (χ2v) is 8.09. The number of fused-ring (bicyclic) bond motifs is 1. The minimum Gasteiger partial charge on any atom is -0.352 e. The summed E-state index contributed by atoms with van der Waals surface area (Å²) in [5.41, 5.74) is 0.920. The maximum absolute atomic E-state index is 12.6. The van der Waals surface area contributed by atoms with Gasteiger partial charge in [-0.2, -0.15) is 0 Å². The Balaban J connectivity index is 1.73. The number of amides is 1. The van der Waals surface area contributed by atoms with E-state index < -0.39 is 0 Å². The van der Waals surface area contributed by atoms with Crippen molar-refractivity contribution in [2.45, 2.75) is 39.3 Å². The van der Waals surface area contributed by atoms with Gasteiger partial charge in [0.05, 0.1) is 10.9 Å². The quantitative estimate of drug-likeness (QED) is 0.577. The summed E-state index contributed by atoms with van der Waals surface area (Å²) in [5.74, 6) is 0.343. The van der Waals surface area contributed by atoms with Crippen LogP contribution in [0.25, 0.3) is 10.9 Å². The Labute approximate surface area is 170 Å². The average molecular weight is 401 g/mol. The minimum atomic E-state index is -0.179. The SMILES string of the molecule is C=CCn1c(=S)[nH]c2cc(C(=O)NCC3CCCN(C(C)C)C3)ccc2c1=O. The Morgan fingerprint density at radius 1 is 1.46 bits per heavy atom. The van der Waals surface area contributed by atoms with E-state index >= 15 is 0 Å². The molecule has 0 spiro atoms. The third-order valence-electron chi connectivity index (χ3n) is 5.39. The van der Waals surface area contributed by atoms with Crippen LogP contribution in [0.3, 0.4) is 0 Å². The first kappa shape index (κ1) is 20.5. The first-order valence-corrected chi connectivity index (χ1v) is 10.2. The molecule has 1 amide bonds. The van der Waals surface area contributed by atoms with E-state index in [1.54, 1.807) is 24.3 Å². The molecule has 0 radical (unpaired) electrons. The second kappa shape index (κ2) is 8.84. The molecule has 28 heavy (non-hydrogen) atoms. The molecule has 2 N–H and O–H groups in total. The van der Waals surface area contributed by atoms with Crippen molar-refractivity contribution in [1.29, 1.82) is 0 Å². The maximum Gasteiger partial charge on any atom is 0.262 e. The van der Waals surface area contributed by atoms with Crippen molar-refractivity contribution in [3.8, 4) is 0 Å². The average Bonchev–Trinajstić information content (AvgIpc) is 2.69. The van der Waals surface area contributed by atoms with Gasteiger partial charge in [-0.25, -0.2) is 0 Å². The van der Waals surface area contributed by atoms with Gasteiger partial charge in [-0.05, 0) is 69.6 Å². The van der Waals surface area contributed by atoms with E-state index in [1.165, 1.54) is 11.0 Å². The highest BCUT2D eigenvalue weighted by atomic mass is 32.1. The molecule has 1 aliphatic rings. The van der Waals surface area contributed by atoms with Crippen molar-refractivity contribution in [2.75, 3.05) is 19.6 Å². The molecule has 7 heteroatoms. The van der Waals surface area contributed by atoms with Crippen molar-refractivity contribution < 1.29 is 4.79 Å². The Hall–Kier alpha value is -2.25. The summed E-state index contributed by atoms with van der Waals surface area (Å²) in [4.78, 5) is 30.7. The van der Waals surface area contributed by atoms with Crippen LogP contribution in [0.15, 0.2) is 35.6 Å². The summed E-state index contributed by atoms with van der Waals surface area (Å²) < 4.78 is 1.78. The molecule has 3 rings (SSSR count). The number of H-pyrrole nitrogens is 1. The van der Waals surface area contributed by atoms with Gasteiger partial charge in [0.1, 0.15) is 0 Å². The fourth-order valence-electron chi connectivity index (χ4n) is 3.76. The standard InChI is InChI=1S/C21H28N4O2S/c1-4-9-25-20(27)17-8-7-16(11-18(17)23-21(25)28)19(26)22-12-15-6-5-10-24(13-15)14(2)3/h4,7-8,11,14-15H,1,5-6,9-10,12-13H2,2-3H3,(H,22,26)(H,23,28). The molecule has 1 aromatic heterocycles. The number of nitrogens with one attached hydrogen (secondary N) is 2. The molecule has 150 valence electrons. The molecular weight excluding hydrogens is 372 g/mol. The fraction of sp³-hybridized carbons (Fsp3) is 0.476. The van der Waals surface area contributed by atoms with Gasteiger partial charge >= 0.3 is 0 Å². The molecule has 0 bridgehead atoms. The number of carbonyl (C=O) groups is 1. The molecule has 6 nitrogen and oxygen atoms in total. The molecule has 1 aliphatic heterocycles. The molecule has 1 fully saturated rings. The van der Waals surface area contributed by atoms with Gasteiger partial charge in [0.2, 0.25) is 0 Å². The molecular formula is C21H28N4O2S. The maximum atomic E-state index is 12.6. The zero-order chi connectivity index (χ0) is 20.3. The first-order valence-electron chi connectivity index (χ1n) is 9.80. The van der Waals surface area contributed by atoms with Crippen LogP contribution in [0.2, 0.25) is 0 Å². The minimum absolute atomic E-state index is 0.127. The first-order chi connectivity index (χ1) is 13.4. The van der Waals surface area contributed by atoms with Crippen LogP contribution in [0.4, 0.5) is 0 Å². The molecule has 0 aliphatic carbocycles. The zero-order valence-corrected chi connectivity index (χ0v) is 17.3. The van der Waals surface area contributed by atoms with Crippen LogP contribution in [0.1, 0.15) is 37.0 Å². The monoisotopic (exact) mass is 400 g/mol. The summed E-state index contributed by atoms with van der Waals surface area (Å²) in [6.07, 6.45) is 3.93. The number of aromatic amines is 1. The number of piperidine rings is 1. The normalized spacial score (nSPS) is 17.8. The van der Waals surface area contributed by atoms with Gasteiger partial charge in [-0.3, -0.25) is 14.2 Å². The van der Waals surface area contributed by atoms with Gasteiger partial charge in [0.25, 0.3) is 11.5 Å². The number of nitrogens with zero attached hydrogens (tertiary/aromatic N) is 2. The van der Waals surface area contributed by atoms with Crippen LogP contribution >= 0.6 is 12.2 Å². The molecule has 1 unspecified atom stereocenters. The van der Waals surface area contributed by atoms with Crippen molar-refractivity contribution in [3.05, 3.63) is 51.5 Å². The van der Waals surface area contributed by atoms with Gasteiger partial charge in [-0.1, -0.05) is 6.08 Å². The predicted octanol–water partition coefficient (Wildman–Crippen LogP) is 3.10. The molecule has 1 aromatic carbocycles. The van der Waals surface area contributed by atoms with E-state index in [1.807, 2.05) is 0 Å². The highest BCUT2D eigenvalue weighted by Gasteiger charge is 2.22. The van der Waals surface area contributed by atoms with E-state index in [0.29, 0.717) is 46.3 Å². The van der Waals surface area contributed by atoms with Crippen molar-refractivity contribution in [2.24, 2.45) is 5.92 Å². The number of hydrogen-bond acceptors (Lipinski definition) is 4. The second-order valence-electron chi connectivity index (χ2n) is 7.70. The van der Waals surface area contributed by atoms with Gasteiger partial charge in [0, 0.05) is 31.2 Å². The summed E-state index contributed by atoms with van der Waals surface area (Å²) >= 11 is 5.26. The summed E-state index contributed by atoms with van der Waals surface area (Å²) in [6.45, 7) is 11.2. The lowest BCUT2D eigenvalue weighted by Crippen LogP contribution is -2.43. The van der Waals surface area contributed by atoms with Crippen molar-refractivity contribution >= 4 is 29.0 Å². The molecule has 1 atom stereocenters. The third kappa shape index (κ3) is 4.42. The van der Waals surface area contributed by atoms with Crippen LogP contribution < -0.4 is 10.9 Å². The lowest BCUT2D eigenvalue weighted by atomic mass is 9.97. The highest BCUT2D eigenvalue weighted by Crippen LogP contribution is 2.18. The Bertz CT molecular complexity index is 992. The highest BCUT2D eigenvalue weighted by molar-refractivity contribution is 7.71.